The molecule has 6 heteroatoms. The quantitative estimate of drug-likeness (QED) is 0.783. The molecule has 1 aliphatic heterocycles. The first-order valence-electron chi connectivity index (χ1n) is 7.72. The van der Waals surface area contributed by atoms with Crippen LogP contribution in [0.1, 0.15) is 11.5 Å². The van der Waals surface area contributed by atoms with E-state index in [1.54, 1.807) is 6.26 Å². The van der Waals surface area contributed by atoms with Crippen molar-refractivity contribution in [3.63, 3.8) is 0 Å². The molecule has 2 aromatic heterocycles. The van der Waals surface area contributed by atoms with Crippen molar-refractivity contribution >= 4 is 0 Å². The van der Waals surface area contributed by atoms with Gasteiger partial charge in [-0.3, -0.25) is 0 Å². The van der Waals surface area contributed by atoms with Gasteiger partial charge in [-0.2, -0.15) is 0 Å². The minimum absolute atomic E-state index is 0.0859. The lowest BCUT2D eigenvalue weighted by atomic mass is 10.1. The van der Waals surface area contributed by atoms with Crippen molar-refractivity contribution in [1.29, 1.82) is 0 Å². The highest BCUT2D eigenvalue weighted by Crippen LogP contribution is 2.24. The van der Waals surface area contributed by atoms with Gasteiger partial charge in [-0.1, -0.05) is 35.5 Å². The molecule has 1 aliphatic rings. The zero-order valence-electron chi connectivity index (χ0n) is 12.7. The third-order valence-electron chi connectivity index (χ3n) is 3.97. The van der Waals surface area contributed by atoms with Crippen molar-refractivity contribution in [2.75, 3.05) is 6.54 Å². The topological polar surface area (TPSA) is 65.1 Å². The second kappa shape index (κ2) is 6.36. The molecule has 23 heavy (non-hydrogen) atoms. The molecule has 3 aromatic rings. The Morgan fingerprint density at radius 3 is 2.91 bits per heavy atom. The van der Waals surface area contributed by atoms with Gasteiger partial charge in [-0.05, 0) is 12.1 Å². The standard InChI is InChI=1S/C17H18N4O2/c1-2-5-13(6-3-1)17-16-12-23-15(11-21(16)20-19-17)10-18-9-14-7-4-8-22-14/h1-8,15,18H,9-12H2/t15-/m1/s1. The average Bonchev–Trinajstić information content (AvgIpc) is 3.25. The number of hydrogen-bond donors (Lipinski definition) is 1. The Balaban J connectivity index is 1.39. The van der Waals surface area contributed by atoms with E-state index in [2.05, 4.69) is 15.6 Å². The zero-order chi connectivity index (χ0) is 15.5. The number of fused-ring (bicyclic) bond motifs is 1. The van der Waals surface area contributed by atoms with Gasteiger partial charge in [0.15, 0.2) is 0 Å². The summed E-state index contributed by atoms with van der Waals surface area (Å²) in [4.78, 5) is 0. The molecule has 0 unspecified atom stereocenters. The van der Waals surface area contributed by atoms with Crippen LogP contribution in [0, 0.1) is 0 Å². The van der Waals surface area contributed by atoms with Crippen LogP contribution >= 0.6 is 0 Å². The molecular formula is C17H18N4O2. The lowest BCUT2D eigenvalue weighted by Crippen LogP contribution is -2.36. The number of ether oxygens (including phenoxy) is 1. The molecule has 1 N–H and O–H groups in total. The number of benzene rings is 1. The molecule has 0 saturated carbocycles. The number of rotatable bonds is 5. The highest BCUT2D eigenvalue weighted by atomic mass is 16.5. The van der Waals surface area contributed by atoms with Crippen LogP contribution in [-0.4, -0.2) is 27.6 Å². The molecule has 0 amide bonds. The van der Waals surface area contributed by atoms with Crippen LogP contribution in [0.15, 0.2) is 53.1 Å². The van der Waals surface area contributed by atoms with Crippen molar-refractivity contribution in [2.45, 2.75) is 25.8 Å². The number of hydrogen-bond acceptors (Lipinski definition) is 5. The van der Waals surface area contributed by atoms with Crippen LogP contribution in [-0.2, 0) is 24.4 Å². The predicted molar refractivity (Wildman–Crippen MR) is 84.4 cm³/mol. The Bertz CT molecular complexity index is 752. The predicted octanol–water partition coefficient (Wildman–Crippen LogP) is 2.23. The number of aromatic nitrogens is 3. The van der Waals surface area contributed by atoms with Crippen molar-refractivity contribution < 1.29 is 9.15 Å². The van der Waals surface area contributed by atoms with Crippen LogP contribution in [0.3, 0.4) is 0 Å². The van der Waals surface area contributed by atoms with Crippen LogP contribution in [0.25, 0.3) is 11.3 Å². The van der Waals surface area contributed by atoms with Gasteiger partial charge in [-0.25, -0.2) is 4.68 Å². The van der Waals surface area contributed by atoms with Gasteiger partial charge in [-0.15, -0.1) is 5.10 Å². The highest BCUT2D eigenvalue weighted by molar-refractivity contribution is 5.61. The third kappa shape index (κ3) is 3.04. The molecule has 6 nitrogen and oxygen atoms in total. The maximum absolute atomic E-state index is 5.95. The highest BCUT2D eigenvalue weighted by Gasteiger charge is 2.24. The fourth-order valence-corrected chi connectivity index (χ4v) is 2.78. The first-order chi connectivity index (χ1) is 11.4. The van der Waals surface area contributed by atoms with E-state index in [4.69, 9.17) is 9.15 Å². The number of nitrogens with one attached hydrogen (secondary N) is 1. The SMILES string of the molecule is c1ccc(-c2nnn3c2CO[C@H](CNCc2ccco2)C3)cc1. The Morgan fingerprint density at radius 2 is 2.09 bits per heavy atom. The van der Waals surface area contributed by atoms with Gasteiger partial charge in [0.25, 0.3) is 0 Å². The van der Waals surface area contributed by atoms with Crippen LogP contribution in [0.4, 0.5) is 0 Å². The fourth-order valence-electron chi connectivity index (χ4n) is 2.78. The Hall–Kier alpha value is -2.44. The molecular weight excluding hydrogens is 292 g/mol. The van der Waals surface area contributed by atoms with E-state index in [1.807, 2.05) is 47.1 Å². The Kier molecular flexibility index (Phi) is 3.92. The molecule has 0 radical (unpaired) electrons. The van der Waals surface area contributed by atoms with Gasteiger partial charge in [0, 0.05) is 12.1 Å². The summed E-state index contributed by atoms with van der Waals surface area (Å²) in [6.07, 6.45) is 1.77. The maximum Gasteiger partial charge on any atom is 0.118 e. The zero-order valence-corrected chi connectivity index (χ0v) is 12.7. The maximum atomic E-state index is 5.95. The third-order valence-corrected chi connectivity index (χ3v) is 3.97. The van der Waals surface area contributed by atoms with Crippen LogP contribution in [0.5, 0.6) is 0 Å². The number of furan rings is 1. The molecule has 118 valence electrons. The fraction of sp³-hybridized carbons (Fsp3) is 0.294. The summed E-state index contributed by atoms with van der Waals surface area (Å²) >= 11 is 0. The van der Waals surface area contributed by atoms with Crippen molar-refractivity contribution in [3.05, 3.63) is 60.2 Å². The van der Waals surface area contributed by atoms with Gasteiger partial charge in [0.05, 0.1) is 37.8 Å². The average molecular weight is 310 g/mol. The Labute approximate surface area is 134 Å². The molecule has 0 aliphatic carbocycles. The molecule has 0 spiro atoms. The van der Waals surface area contributed by atoms with E-state index in [0.29, 0.717) is 19.7 Å². The first-order valence-corrected chi connectivity index (χ1v) is 7.72. The summed E-state index contributed by atoms with van der Waals surface area (Å²) in [5.41, 5.74) is 3.03. The lowest BCUT2D eigenvalue weighted by Gasteiger charge is -2.24. The van der Waals surface area contributed by atoms with E-state index in [0.717, 1.165) is 29.3 Å². The molecule has 3 heterocycles. The van der Waals surface area contributed by atoms with Crippen molar-refractivity contribution in [3.8, 4) is 11.3 Å². The van der Waals surface area contributed by atoms with E-state index in [-0.39, 0.29) is 6.10 Å². The smallest absolute Gasteiger partial charge is 0.118 e. The summed E-state index contributed by atoms with van der Waals surface area (Å²) in [5, 5.41) is 11.9. The van der Waals surface area contributed by atoms with Crippen molar-refractivity contribution in [2.24, 2.45) is 0 Å². The Morgan fingerprint density at radius 1 is 1.17 bits per heavy atom. The molecule has 0 saturated heterocycles. The van der Waals surface area contributed by atoms with Crippen LogP contribution < -0.4 is 5.32 Å². The van der Waals surface area contributed by atoms with Gasteiger partial charge >= 0.3 is 0 Å². The number of nitrogens with zero attached hydrogens (tertiary/aromatic N) is 3. The summed E-state index contributed by atoms with van der Waals surface area (Å²) in [7, 11) is 0. The lowest BCUT2D eigenvalue weighted by molar-refractivity contribution is 0.00106. The van der Waals surface area contributed by atoms with E-state index in [1.165, 1.54) is 0 Å². The summed E-state index contributed by atoms with van der Waals surface area (Å²) in [6, 6.07) is 13.9. The molecule has 1 aromatic carbocycles. The first kappa shape index (κ1) is 14.2. The van der Waals surface area contributed by atoms with Gasteiger partial charge < -0.3 is 14.5 Å². The minimum Gasteiger partial charge on any atom is -0.468 e. The summed E-state index contributed by atoms with van der Waals surface area (Å²) < 4.78 is 13.2. The monoisotopic (exact) mass is 310 g/mol. The second-order valence-corrected chi connectivity index (χ2v) is 5.58. The van der Waals surface area contributed by atoms with E-state index in [9.17, 15) is 0 Å². The molecule has 0 fully saturated rings. The van der Waals surface area contributed by atoms with Crippen LogP contribution in [0.2, 0.25) is 0 Å². The minimum atomic E-state index is 0.0859. The normalized spacial score (nSPS) is 17.1. The summed E-state index contributed by atoms with van der Waals surface area (Å²) in [6.45, 7) is 2.69. The van der Waals surface area contributed by atoms with Gasteiger partial charge in [0.2, 0.25) is 0 Å². The van der Waals surface area contributed by atoms with E-state index < -0.39 is 0 Å². The van der Waals surface area contributed by atoms with E-state index >= 15 is 0 Å². The van der Waals surface area contributed by atoms with Crippen molar-refractivity contribution in [1.82, 2.24) is 20.3 Å². The second-order valence-electron chi connectivity index (χ2n) is 5.58. The van der Waals surface area contributed by atoms with Gasteiger partial charge in [0.1, 0.15) is 11.5 Å². The molecule has 1 atom stereocenters. The largest absolute Gasteiger partial charge is 0.468 e. The molecule has 0 bridgehead atoms. The summed E-state index contributed by atoms with van der Waals surface area (Å²) in [5.74, 6) is 0.925. The molecule has 4 rings (SSSR count).